The van der Waals surface area contributed by atoms with Gasteiger partial charge < -0.3 is 9.88 Å². The van der Waals surface area contributed by atoms with Gasteiger partial charge in [0.2, 0.25) is 0 Å². The minimum Gasteiger partial charge on any atom is -0.336 e. The fourth-order valence-electron chi connectivity index (χ4n) is 3.58. The van der Waals surface area contributed by atoms with Crippen LogP contribution < -0.4 is 11.2 Å². The summed E-state index contributed by atoms with van der Waals surface area (Å²) in [6, 6.07) is 16.3. The number of nitrogens with one attached hydrogen (secondary N) is 1. The van der Waals surface area contributed by atoms with Gasteiger partial charge in [-0.25, -0.2) is 4.79 Å². The van der Waals surface area contributed by atoms with Gasteiger partial charge in [0, 0.05) is 44.8 Å². The van der Waals surface area contributed by atoms with Crippen LogP contribution in [0.15, 0.2) is 64.2 Å². The van der Waals surface area contributed by atoms with E-state index < -0.39 is 0 Å². The minimum atomic E-state index is -0.387. The van der Waals surface area contributed by atoms with Crippen LogP contribution in [0.2, 0.25) is 0 Å². The van der Waals surface area contributed by atoms with Crippen LogP contribution in [0.1, 0.15) is 10.4 Å². The molecular formula is C21H22N4O3. The average Bonchev–Trinajstić information content (AvgIpc) is 2.74. The molecular weight excluding hydrogens is 356 g/mol. The maximum atomic E-state index is 12.6. The van der Waals surface area contributed by atoms with Crippen molar-refractivity contribution in [2.75, 3.05) is 32.7 Å². The molecule has 1 fully saturated rings. The molecule has 0 saturated carbocycles. The van der Waals surface area contributed by atoms with E-state index in [1.807, 2.05) is 35.2 Å². The Bertz CT molecular complexity index is 1100. The molecule has 2 heterocycles. The molecule has 3 aromatic rings. The third-order valence-corrected chi connectivity index (χ3v) is 5.21. The summed E-state index contributed by atoms with van der Waals surface area (Å²) in [6.07, 6.45) is 0. The summed E-state index contributed by atoms with van der Waals surface area (Å²) >= 11 is 0. The maximum absolute atomic E-state index is 12.6. The van der Waals surface area contributed by atoms with Crippen LogP contribution in [-0.2, 0) is 6.54 Å². The molecule has 1 amide bonds. The van der Waals surface area contributed by atoms with Crippen LogP contribution >= 0.6 is 0 Å². The van der Waals surface area contributed by atoms with Gasteiger partial charge in [-0.3, -0.25) is 19.1 Å². The first-order valence-corrected chi connectivity index (χ1v) is 9.42. The minimum absolute atomic E-state index is 0.0439. The molecule has 0 spiro atoms. The molecule has 0 atom stereocenters. The zero-order valence-electron chi connectivity index (χ0n) is 15.5. The van der Waals surface area contributed by atoms with Gasteiger partial charge in [-0.05, 0) is 24.3 Å². The van der Waals surface area contributed by atoms with Crippen LogP contribution in [0, 0.1) is 0 Å². The number of H-pyrrole nitrogens is 1. The summed E-state index contributed by atoms with van der Waals surface area (Å²) in [6.45, 7) is 3.63. The van der Waals surface area contributed by atoms with E-state index in [1.54, 1.807) is 24.3 Å². The van der Waals surface area contributed by atoms with Gasteiger partial charge >= 0.3 is 5.69 Å². The van der Waals surface area contributed by atoms with Gasteiger partial charge in [0.15, 0.2) is 0 Å². The van der Waals surface area contributed by atoms with Crippen molar-refractivity contribution >= 4 is 16.8 Å². The largest absolute Gasteiger partial charge is 0.336 e. The number of benzene rings is 2. The van der Waals surface area contributed by atoms with E-state index in [4.69, 9.17) is 0 Å². The SMILES string of the molecule is O=C(c1ccccc1)N1CCN(CCn2c(=O)[nH]c3ccccc3c2=O)CC1. The Labute approximate surface area is 161 Å². The van der Waals surface area contributed by atoms with E-state index in [1.165, 1.54) is 4.57 Å². The molecule has 7 nitrogen and oxygen atoms in total. The lowest BCUT2D eigenvalue weighted by Crippen LogP contribution is -2.50. The van der Waals surface area contributed by atoms with E-state index in [-0.39, 0.29) is 17.2 Å². The second kappa shape index (κ2) is 7.82. The third-order valence-electron chi connectivity index (χ3n) is 5.21. The first-order valence-electron chi connectivity index (χ1n) is 9.42. The van der Waals surface area contributed by atoms with Crippen LogP contribution in [0.5, 0.6) is 0 Å². The molecule has 1 aliphatic heterocycles. The number of fused-ring (bicyclic) bond motifs is 1. The molecule has 4 rings (SSSR count). The second-order valence-corrected chi connectivity index (χ2v) is 6.93. The van der Waals surface area contributed by atoms with Crippen molar-refractivity contribution in [1.82, 2.24) is 19.4 Å². The van der Waals surface area contributed by atoms with E-state index in [0.717, 1.165) is 13.1 Å². The summed E-state index contributed by atoms with van der Waals surface area (Å²) in [7, 11) is 0. The monoisotopic (exact) mass is 378 g/mol. The third kappa shape index (κ3) is 3.61. The Morgan fingerprint density at radius 1 is 0.857 bits per heavy atom. The standard InChI is InChI=1S/C21H22N4O3/c26-19(16-6-2-1-3-7-16)24-13-10-23(11-14-24)12-15-25-20(27)17-8-4-5-9-18(17)22-21(25)28/h1-9H,10-15H2,(H,22,28). The highest BCUT2D eigenvalue weighted by molar-refractivity contribution is 5.94. The molecule has 0 bridgehead atoms. The summed E-state index contributed by atoms with van der Waals surface area (Å²) in [5.41, 5.74) is 0.603. The van der Waals surface area contributed by atoms with Crippen LogP contribution in [0.25, 0.3) is 10.9 Å². The molecule has 2 aromatic carbocycles. The first-order chi connectivity index (χ1) is 13.6. The smallest absolute Gasteiger partial charge is 0.328 e. The zero-order valence-corrected chi connectivity index (χ0v) is 15.5. The molecule has 144 valence electrons. The fraction of sp³-hybridized carbons (Fsp3) is 0.286. The van der Waals surface area contributed by atoms with Crippen LogP contribution in [0.3, 0.4) is 0 Å². The van der Waals surface area contributed by atoms with Crippen molar-refractivity contribution in [3.05, 3.63) is 81.0 Å². The Hall–Kier alpha value is -3.19. The maximum Gasteiger partial charge on any atom is 0.328 e. The molecule has 28 heavy (non-hydrogen) atoms. The van der Waals surface area contributed by atoms with E-state index in [2.05, 4.69) is 9.88 Å². The van der Waals surface area contributed by atoms with Crippen molar-refractivity contribution in [2.24, 2.45) is 0 Å². The molecule has 0 radical (unpaired) electrons. The summed E-state index contributed by atoms with van der Waals surface area (Å²) in [5.74, 6) is 0.0439. The summed E-state index contributed by atoms with van der Waals surface area (Å²) in [5, 5.41) is 0.514. The van der Waals surface area contributed by atoms with Crippen LogP contribution in [-0.4, -0.2) is 58.0 Å². The highest BCUT2D eigenvalue weighted by Crippen LogP contribution is 2.09. The number of carbonyl (C=O) groups excluding carboxylic acids is 1. The lowest BCUT2D eigenvalue weighted by atomic mass is 10.2. The van der Waals surface area contributed by atoms with Gasteiger partial charge in [0.1, 0.15) is 0 Å². The van der Waals surface area contributed by atoms with E-state index in [0.29, 0.717) is 42.6 Å². The predicted molar refractivity (Wildman–Crippen MR) is 108 cm³/mol. The number of hydrogen-bond donors (Lipinski definition) is 1. The van der Waals surface area contributed by atoms with Crippen molar-refractivity contribution in [3.8, 4) is 0 Å². The summed E-state index contributed by atoms with van der Waals surface area (Å²) in [4.78, 5) is 44.2. The van der Waals surface area contributed by atoms with Gasteiger partial charge in [0.05, 0.1) is 10.9 Å². The lowest BCUT2D eigenvalue weighted by molar-refractivity contribution is 0.0632. The topological polar surface area (TPSA) is 78.4 Å². The van der Waals surface area contributed by atoms with Crippen LogP contribution in [0.4, 0.5) is 0 Å². The highest BCUT2D eigenvalue weighted by Gasteiger charge is 2.22. The number of amides is 1. The number of piperazine rings is 1. The van der Waals surface area contributed by atoms with Crippen molar-refractivity contribution < 1.29 is 4.79 Å². The molecule has 1 aliphatic rings. The molecule has 1 aromatic heterocycles. The number of nitrogens with zero attached hydrogens (tertiary/aromatic N) is 3. The Balaban J connectivity index is 1.39. The van der Waals surface area contributed by atoms with E-state index in [9.17, 15) is 14.4 Å². The van der Waals surface area contributed by atoms with Gasteiger partial charge in [0.25, 0.3) is 11.5 Å². The number of aromatic nitrogens is 2. The molecule has 1 N–H and O–H groups in total. The molecule has 7 heteroatoms. The lowest BCUT2D eigenvalue weighted by Gasteiger charge is -2.34. The highest BCUT2D eigenvalue weighted by atomic mass is 16.2. The van der Waals surface area contributed by atoms with Crippen molar-refractivity contribution in [2.45, 2.75) is 6.54 Å². The normalized spacial score (nSPS) is 15.1. The molecule has 0 aliphatic carbocycles. The number of carbonyl (C=O) groups is 1. The Kier molecular flexibility index (Phi) is 5.08. The fourth-order valence-corrected chi connectivity index (χ4v) is 3.58. The number of para-hydroxylation sites is 1. The number of rotatable bonds is 4. The average molecular weight is 378 g/mol. The second-order valence-electron chi connectivity index (χ2n) is 6.93. The molecule has 1 saturated heterocycles. The van der Waals surface area contributed by atoms with Crippen molar-refractivity contribution in [1.29, 1.82) is 0 Å². The zero-order chi connectivity index (χ0) is 19.5. The summed E-state index contributed by atoms with van der Waals surface area (Å²) < 4.78 is 1.25. The Morgan fingerprint density at radius 3 is 2.29 bits per heavy atom. The number of aromatic amines is 1. The number of hydrogen-bond acceptors (Lipinski definition) is 4. The van der Waals surface area contributed by atoms with Gasteiger partial charge in [-0.1, -0.05) is 30.3 Å². The Morgan fingerprint density at radius 2 is 1.54 bits per heavy atom. The quantitative estimate of drug-likeness (QED) is 0.739. The van der Waals surface area contributed by atoms with E-state index >= 15 is 0 Å². The van der Waals surface area contributed by atoms with Gasteiger partial charge in [-0.15, -0.1) is 0 Å². The predicted octanol–water partition coefficient (Wildman–Crippen LogP) is 1.15. The molecule has 0 unspecified atom stereocenters. The van der Waals surface area contributed by atoms with Crippen molar-refractivity contribution in [3.63, 3.8) is 0 Å². The first kappa shape index (κ1) is 18.2. The van der Waals surface area contributed by atoms with Gasteiger partial charge in [-0.2, -0.15) is 0 Å².